The SMILES string of the molecule is COc1cc(S(=O)(=O)N2CC(CNC(C)=O)Oc3c(F)cc(C=C(C)c4c(F)cccc4Cl)cc32)ccc1F. The molecule has 0 fully saturated rings. The number of allylic oxidation sites excluding steroid dienone is 1. The second-order valence-corrected chi connectivity index (χ2v) is 11.1. The number of rotatable bonds is 7. The summed E-state index contributed by atoms with van der Waals surface area (Å²) in [4.78, 5) is 11.1. The number of benzene rings is 3. The monoisotopic (exact) mass is 580 g/mol. The van der Waals surface area contributed by atoms with E-state index >= 15 is 4.39 Å². The molecule has 1 atom stereocenters. The molecule has 3 aromatic rings. The van der Waals surface area contributed by atoms with E-state index in [0.717, 1.165) is 28.6 Å². The number of hydrogen-bond acceptors (Lipinski definition) is 5. The number of anilines is 1. The van der Waals surface area contributed by atoms with Gasteiger partial charge in [-0.3, -0.25) is 9.10 Å². The van der Waals surface area contributed by atoms with Gasteiger partial charge >= 0.3 is 0 Å². The summed E-state index contributed by atoms with van der Waals surface area (Å²) in [7, 11) is -3.20. The smallest absolute Gasteiger partial charge is 0.264 e. The third kappa shape index (κ3) is 5.84. The van der Waals surface area contributed by atoms with Gasteiger partial charge in [0, 0.05) is 18.6 Å². The highest BCUT2D eigenvalue weighted by atomic mass is 35.5. The predicted octanol–water partition coefficient (Wildman–Crippen LogP) is 5.42. The lowest BCUT2D eigenvalue weighted by molar-refractivity contribution is -0.119. The maximum atomic E-state index is 15.4. The highest BCUT2D eigenvalue weighted by Crippen LogP contribution is 2.41. The average Bonchev–Trinajstić information content (AvgIpc) is 2.87. The number of sulfonamides is 1. The quantitative estimate of drug-likeness (QED) is 0.377. The van der Waals surface area contributed by atoms with E-state index in [2.05, 4.69) is 5.32 Å². The minimum atomic E-state index is -4.40. The van der Waals surface area contributed by atoms with E-state index in [9.17, 15) is 22.0 Å². The van der Waals surface area contributed by atoms with Gasteiger partial charge in [0.25, 0.3) is 10.0 Å². The fourth-order valence-corrected chi connectivity index (χ4v) is 6.01. The molecular weight excluding hydrogens is 557 g/mol. The van der Waals surface area contributed by atoms with Crippen molar-refractivity contribution in [1.82, 2.24) is 5.32 Å². The molecule has 0 bridgehead atoms. The standard InChI is InChI=1S/C27H24ClF3N2O5S/c1-15(26-20(28)5-4-6-22(26)30)9-17-10-23(31)27-24(11-17)33(14-18(38-27)13-32-16(2)34)39(35,36)19-7-8-21(29)25(12-19)37-3/h4-12,18H,13-14H2,1-3H3,(H,32,34). The second kappa shape index (κ2) is 11.2. The number of nitrogens with zero attached hydrogens (tertiary/aromatic N) is 1. The molecule has 7 nitrogen and oxygen atoms in total. The van der Waals surface area contributed by atoms with Crippen molar-refractivity contribution in [3.05, 3.63) is 82.1 Å². The van der Waals surface area contributed by atoms with Gasteiger partial charge in [-0.25, -0.2) is 21.6 Å². The maximum Gasteiger partial charge on any atom is 0.264 e. The summed E-state index contributed by atoms with van der Waals surface area (Å²) in [6.07, 6.45) is 0.524. The van der Waals surface area contributed by atoms with Gasteiger partial charge in [-0.15, -0.1) is 0 Å². The average molecular weight is 581 g/mol. The topological polar surface area (TPSA) is 84.9 Å². The molecule has 1 aliphatic heterocycles. The minimum Gasteiger partial charge on any atom is -0.494 e. The molecule has 12 heteroatoms. The van der Waals surface area contributed by atoms with Crippen LogP contribution in [0.3, 0.4) is 0 Å². The molecule has 4 rings (SSSR count). The Hall–Kier alpha value is -3.70. The largest absolute Gasteiger partial charge is 0.494 e. The van der Waals surface area contributed by atoms with Crippen LogP contribution >= 0.6 is 11.6 Å². The van der Waals surface area contributed by atoms with Crippen molar-refractivity contribution >= 4 is 44.9 Å². The molecule has 1 unspecified atom stereocenters. The minimum absolute atomic E-state index is 0.0977. The van der Waals surface area contributed by atoms with Crippen molar-refractivity contribution in [2.45, 2.75) is 24.8 Å². The van der Waals surface area contributed by atoms with Gasteiger partial charge in [0.1, 0.15) is 11.9 Å². The van der Waals surface area contributed by atoms with Gasteiger partial charge in [0.2, 0.25) is 5.91 Å². The zero-order valence-corrected chi connectivity index (χ0v) is 22.7. The molecule has 0 saturated heterocycles. The molecular formula is C27H24ClF3N2O5S. The number of fused-ring (bicyclic) bond motifs is 1. The molecule has 1 aliphatic rings. The number of methoxy groups -OCH3 is 1. The van der Waals surface area contributed by atoms with E-state index in [-0.39, 0.29) is 57.2 Å². The molecule has 1 N–H and O–H groups in total. The van der Waals surface area contributed by atoms with Crippen molar-refractivity contribution in [3.63, 3.8) is 0 Å². The second-order valence-electron chi connectivity index (χ2n) is 8.78. The lowest BCUT2D eigenvalue weighted by atomic mass is 10.0. The third-order valence-corrected chi connectivity index (χ3v) is 8.09. The van der Waals surface area contributed by atoms with Crippen LogP contribution in [-0.4, -0.2) is 40.6 Å². The molecule has 39 heavy (non-hydrogen) atoms. The lowest BCUT2D eigenvalue weighted by Crippen LogP contribution is -2.48. The first kappa shape index (κ1) is 28.3. The number of nitrogens with one attached hydrogen (secondary N) is 1. The first-order valence-corrected chi connectivity index (χ1v) is 13.5. The van der Waals surface area contributed by atoms with Crippen LogP contribution in [0.4, 0.5) is 18.9 Å². The maximum absolute atomic E-state index is 15.4. The normalized spacial score (nSPS) is 15.4. The first-order chi connectivity index (χ1) is 18.4. The Morgan fingerprint density at radius 1 is 1.13 bits per heavy atom. The van der Waals surface area contributed by atoms with Crippen molar-refractivity contribution in [1.29, 1.82) is 0 Å². The summed E-state index contributed by atoms with van der Waals surface area (Å²) in [5.74, 6) is -3.25. The Balaban J connectivity index is 1.85. The van der Waals surface area contributed by atoms with Gasteiger partial charge in [-0.1, -0.05) is 23.7 Å². The van der Waals surface area contributed by atoms with Crippen molar-refractivity contribution in [2.24, 2.45) is 0 Å². The Morgan fingerprint density at radius 2 is 1.87 bits per heavy atom. The summed E-state index contributed by atoms with van der Waals surface area (Å²) in [5.41, 5.74) is 0.571. The Labute approximate surface area is 228 Å². The molecule has 0 spiro atoms. The molecule has 0 aromatic heterocycles. The molecule has 0 radical (unpaired) electrons. The van der Waals surface area contributed by atoms with Gasteiger partial charge in [-0.05, 0) is 54.5 Å². The Bertz CT molecular complexity index is 1560. The van der Waals surface area contributed by atoms with Crippen molar-refractivity contribution in [3.8, 4) is 11.5 Å². The molecule has 206 valence electrons. The number of amides is 1. The van der Waals surface area contributed by atoms with Gasteiger partial charge < -0.3 is 14.8 Å². The van der Waals surface area contributed by atoms with Crippen LogP contribution in [0, 0.1) is 17.5 Å². The number of carbonyl (C=O) groups excluding carboxylic acids is 1. The van der Waals surface area contributed by atoms with Crippen molar-refractivity contribution in [2.75, 3.05) is 24.5 Å². The van der Waals surface area contributed by atoms with Crippen LogP contribution in [0.5, 0.6) is 11.5 Å². The summed E-state index contributed by atoms with van der Waals surface area (Å²) in [6, 6.07) is 9.73. The summed E-state index contributed by atoms with van der Waals surface area (Å²) >= 11 is 6.16. The van der Waals surface area contributed by atoms with Gasteiger partial charge in [0.15, 0.2) is 23.1 Å². The van der Waals surface area contributed by atoms with Crippen LogP contribution in [0.1, 0.15) is 25.0 Å². The van der Waals surface area contributed by atoms with E-state index in [1.807, 2.05) is 0 Å². The zero-order chi connectivity index (χ0) is 28.5. The summed E-state index contributed by atoms with van der Waals surface area (Å²) in [6.45, 7) is 2.47. The zero-order valence-electron chi connectivity index (χ0n) is 21.1. The van der Waals surface area contributed by atoms with E-state index in [1.165, 1.54) is 44.4 Å². The highest BCUT2D eigenvalue weighted by Gasteiger charge is 2.37. The molecule has 3 aromatic carbocycles. The highest BCUT2D eigenvalue weighted by molar-refractivity contribution is 7.92. The van der Waals surface area contributed by atoms with E-state index in [0.29, 0.717) is 5.57 Å². The molecule has 1 amide bonds. The summed E-state index contributed by atoms with van der Waals surface area (Å²) < 4.78 is 83.0. The van der Waals surface area contributed by atoms with Crippen molar-refractivity contribution < 1.29 is 35.9 Å². The number of hydrogen-bond donors (Lipinski definition) is 1. The first-order valence-electron chi connectivity index (χ1n) is 11.7. The summed E-state index contributed by atoms with van der Waals surface area (Å²) in [5, 5.41) is 2.69. The van der Waals surface area contributed by atoms with E-state index < -0.39 is 33.6 Å². The van der Waals surface area contributed by atoms with Crippen LogP contribution in [-0.2, 0) is 14.8 Å². The molecule has 0 aliphatic carbocycles. The third-order valence-electron chi connectivity index (χ3n) is 6.00. The van der Waals surface area contributed by atoms with E-state index in [1.54, 1.807) is 6.92 Å². The van der Waals surface area contributed by atoms with Gasteiger partial charge in [-0.2, -0.15) is 0 Å². The van der Waals surface area contributed by atoms with Crippen LogP contribution in [0.25, 0.3) is 11.6 Å². The fourth-order valence-electron chi connectivity index (χ4n) is 4.19. The number of halogens is 4. The molecule has 1 heterocycles. The fraction of sp³-hybridized carbons (Fsp3) is 0.222. The van der Waals surface area contributed by atoms with Gasteiger partial charge in [0.05, 0.1) is 35.8 Å². The predicted molar refractivity (Wildman–Crippen MR) is 142 cm³/mol. The van der Waals surface area contributed by atoms with Crippen LogP contribution in [0.15, 0.2) is 53.4 Å². The van der Waals surface area contributed by atoms with E-state index in [4.69, 9.17) is 21.1 Å². The molecule has 0 saturated carbocycles. The number of ether oxygens (including phenoxy) is 2. The Kier molecular flexibility index (Phi) is 8.12. The number of carbonyl (C=O) groups is 1. The Morgan fingerprint density at radius 3 is 2.54 bits per heavy atom. The van der Waals surface area contributed by atoms with Crippen LogP contribution in [0.2, 0.25) is 5.02 Å². The lowest BCUT2D eigenvalue weighted by Gasteiger charge is -2.36. The van der Waals surface area contributed by atoms with Crippen LogP contribution < -0.4 is 19.1 Å².